The molecule has 6 nitrogen and oxygen atoms in total. The Morgan fingerprint density at radius 2 is 1.81 bits per heavy atom. The first-order valence-electron chi connectivity index (χ1n) is 8.84. The number of sulfone groups is 1. The van der Waals surface area contributed by atoms with Crippen molar-refractivity contribution in [1.82, 2.24) is 4.98 Å². The molecule has 3 aromatic rings. The molecule has 0 aliphatic carbocycles. The van der Waals surface area contributed by atoms with Crippen molar-refractivity contribution < 1.29 is 31.1 Å². The minimum atomic E-state index is -4.99. The molecule has 0 saturated carbocycles. The molecule has 0 aliphatic heterocycles. The van der Waals surface area contributed by atoms with Crippen molar-refractivity contribution in [3.05, 3.63) is 83.7 Å². The van der Waals surface area contributed by atoms with E-state index in [1.807, 2.05) is 0 Å². The maximum absolute atomic E-state index is 12.8. The molecule has 0 radical (unpaired) electrons. The van der Waals surface area contributed by atoms with Crippen LogP contribution >= 0.6 is 11.6 Å². The summed E-state index contributed by atoms with van der Waals surface area (Å²) in [4.78, 5) is 15.2. The standard InChI is InChI=1S/C21H14ClF3N2O4S/c22-18-9-6-16(31-21(23,24)25)12-19(18)32(29,30)17-7-4-15(5-8-17)27-20(28)10-3-14-2-1-11-26-13-14/h1-13H,(H,27,28). The van der Waals surface area contributed by atoms with Crippen LogP contribution in [0.1, 0.15) is 5.56 Å². The predicted molar refractivity (Wildman–Crippen MR) is 112 cm³/mol. The number of anilines is 1. The van der Waals surface area contributed by atoms with Gasteiger partial charge in [0.2, 0.25) is 15.7 Å². The summed E-state index contributed by atoms with van der Waals surface area (Å²) in [7, 11) is -4.25. The van der Waals surface area contributed by atoms with Gasteiger partial charge in [-0.1, -0.05) is 17.7 Å². The van der Waals surface area contributed by atoms with E-state index >= 15 is 0 Å². The number of hydrogen-bond acceptors (Lipinski definition) is 5. The van der Waals surface area contributed by atoms with Gasteiger partial charge in [0, 0.05) is 30.2 Å². The predicted octanol–water partition coefficient (Wildman–Crippen LogP) is 5.12. The van der Waals surface area contributed by atoms with E-state index in [-0.39, 0.29) is 9.92 Å². The van der Waals surface area contributed by atoms with Crippen LogP contribution in [0.5, 0.6) is 5.75 Å². The van der Waals surface area contributed by atoms with E-state index in [2.05, 4.69) is 15.0 Å². The Kier molecular flexibility index (Phi) is 6.85. The summed E-state index contributed by atoms with van der Waals surface area (Å²) in [5, 5.41) is 2.30. The molecule has 0 unspecified atom stereocenters. The first kappa shape index (κ1) is 23.3. The number of pyridine rings is 1. The largest absolute Gasteiger partial charge is 0.573 e. The highest BCUT2D eigenvalue weighted by atomic mass is 35.5. The Labute approximate surface area is 186 Å². The number of hydrogen-bond donors (Lipinski definition) is 1. The van der Waals surface area contributed by atoms with Gasteiger partial charge in [-0.25, -0.2) is 8.42 Å². The Hall–Kier alpha value is -3.37. The van der Waals surface area contributed by atoms with Gasteiger partial charge in [-0.15, -0.1) is 13.2 Å². The lowest BCUT2D eigenvalue weighted by Gasteiger charge is -2.12. The number of halogens is 4. The van der Waals surface area contributed by atoms with E-state index in [1.165, 1.54) is 30.3 Å². The molecule has 11 heteroatoms. The molecule has 0 atom stereocenters. The average molecular weight is 483 g/mol. The zero-order valence-electron chi connectivity index (χ0n) is 16.0. The third kappa shape index (κ3) is 6.08. The SMILES string of the molecule is O=C(C=Cc1cccnc1)Nc1ccc(S(=O)(=O)c2cc(OC(F)(F)F)ccc2Cl)cc1. The molecule has 166 valence electrons. The van der Waals surface area contributed by atoms with Crippen LogP contribution in [0, 0.1) is 0 Å². The molecule has 1 N–H and O–H groups in total. The molecular weight excluding hydrogens is 469 g/mol. The minimum Gasteiger partial charge on any atom is -0.406 e. The summed E-state index contributed by atoms with van der Waals surface area (Å²) < 4.78 is 66.8. The number of carbonyl (C=O) groups excluding carboxylic acids is 1. The molecule has 32 heavy (non-hydrogen) atoms. The molecule has 0 bridgehead atoms. The molecule has 0 spiro atoms. The second kappa shape index (κ2) is 9.41. The van der Waals surface area contributed by atoms with Crippen molar-refractivity contribution in [3.63, 3.8) is 0 Å². The average Bonchev–Trinajstić information content (AvgIpc) is 2.74. The molecule has 0 fully saturated rings. The number of nitrogens with one attached hydrogen (secondary N) is 1. The topological polar surface area (TPSA) is 85.4 Å². The van der Waals surface area contributed by atoms with E-state index < -0.39 is 32.8 Å². The fraction of sp³-hybridized carbons (Fsp3) is 0.0476. The fourth-order valence-electron chi connectivity index (χ4n) is 2.56. The number of aromatic nitrogens is 1. The quantitative estimate of drug-likeness (QED) is 0.493. The van der Waals surface area contributed by atoms with E-state index in [0.717, 1.165) is 17.7 Å². The molecule has 1 heterocycles. The number of alkyl halides is 3. The van der Waals surface area contributed by atoms with Gasteiger partial charge in [0.25, 0.3) is 0 Å². The monoisotopic (exact) mass is 482 g/mol. The molecule has 1 amide bonds. The second-order valence-corrected chi connectivity index (χ2v) is 8.60. The zero-order valence-corrected chi connectivity index (χ0v) is 17.6. The van der Waals surface area contributed by atoms with Crippen LogP contribution in [-0.4, -0.2) is 25.7 Å². The maximum atomic E-state index is 12.8. The van der Waals surface area contributed by atoms with Crippen LogP contribution in [0.4, 0.5) is 18.9 Å². The zero-order chi connectivity index (χ0) is 23.4. The molecule has 0 saturated heterocycles. The minimum absolute atomic E-state index is 0.229. The van der Waals surface area contributed by atoms with Crippen molar-refractivity contribution in [1.29, 1.82) is 0 Å². The number of carbonyl (C=O) groups is 1. The summed E-state index contributed by atoms with van der Waals surface area (Å²) >= 11 is 5.90. The van der Waals surface area contributed by atoms with Crippen LogP contribution in [0.15, 0.2) is 82.9 Å². The van der Waals surface area contributed by atoms with E-state index in [0.29, 0.717) is 11.8 Å². The summed E-state index contributed by atoms with van der Waals surface area (Å²) in [6.45, 7) is 0. The molecule has 3 rings (SSSR count). The van der Waals surface area contributed by atoms with Crippen LogP contribution in [0.25, 0.3) is 6.08 Å². The summed E-state index contributed by atoms with van der Waals surface area (Å²) in [6, 6.07) is 11.2. The molecule has 2 aromatic carbocycles. The third-order valence-electron chi connectivity index (χ3n) is 3.97. The highest BCUT2D eigenvalue weighted by Crippen LogP contribution is 2.33. The molecule has 1 aromatic heterocycles. The normalized spacial score (nSPS) is 12.0. The summed E-state index contributed by atoms with van der Waals surface area (Å²) in [6.07, 6.45) is 1.02. The smallest absolute Gasteiger partial charge is 0.406 e. The number of rotatable bonds is 6. The maximum Gasteiger partial charge on any atom is 0.573 e. The first-order chi connectivity index (χ1) is 15.0. The second-order valence-electron chi connectivity index (χ2n) is 6.28. The number of nitrogens with zero attached hydrogens (tertiary/aromatic N) is 1. The van der Waals surface area contributed by atoms with Gasteiger partial charge in [0.1, 0.15) is 5.75 Å². The first-order valence-corrected chi connectivity index (χ1v) is 10.7. The Bertz CT molecular complexity index is 1250. The number of amides is 1. The lowest BCUT2D eigenvalue weighted by molar-refractivity contribution is -0.274. The van der Waals surface area contributed by atoms with Crippen LogP contribution in [0.2, 0.25) is 5.02 Å². The van der Waals surface area contributed by atoms with Gasteiger partial charge < -0.3 is 10.1 Å². The van der Waals surface area contributed by atoms with Gasteiger partial charge >= 0.3 is 6.36 Å². The summed E-state index contributed by atoms with van der Waals surface area (Å²) in [5.74, 6) is -1.17. The Morgan fingerprint density at radius 3 is 2.44 bits per heavy atom. The van der Waals surface area contributed by atoms with E-state index in [9.17, 15) is 26.4 Å². The van der Waals surface area contributed by atoms with E-state index in [1.54, 1.807) is 30.6 Å². The number of benzene rings is 2. The molecular formula is C21H14ClF3N2O4S. The van der Waals surface area contributed by atoms with E-state index in [4.69, 9.17) is 11.6 Å². The van der Waals surface area contributed by atoms with Gasteiger partial charge in [-0.05, 0) is 54.1 Å². The fourth-order valence-corrected chi connectivity index (χ4v) is 4.33. The van der Waals surface area contributed by atoms with Gasteiger partial charge in [-0.3, -0.25) is 9.78 Å². The van der Waals surface area contributed by atoms with Crippen LogP contribution < -0.4 is 10.1 Å². The van der Waals surface area contributed by atoms with Gasteiger partial charge in [-0.2, -0.15) is 0 Å². The molecule has 0 aliphatic rings. The van der Waals surface area contributed by atoms with Gasteiger partial charge in [0.05, 0.1) is 14.8 Å². The van der Waals surface area contributed by atoms with Crippen molar-refractivity contribution in [3.8, 4) is 5.75 Å². The van der Waals surface area contributed by atoms with Crippen LogP contribution in [-0.2, 0) is 14.6 Å². The Morgan fingerprint density at radius 1 is 1.09 bits per heavy atom. The highest BCUT2D eigenvalue weighted by Gasteiger charge is 2.32. The Balaban J connectivity index is 1.77. The number of ether oxygens (including phenoxy) is 1. The third-order valence-corrected chi connectivity index (χ3v) is 6.22. The van der Waals surface area contributed by atoms with Crippen molar-refractivity contribution in [2.45, 2.75) is 16.2 Å². The highest BCUT2D eigenvalue weighted by molar-refractivity contribution is 7.91. The van der Waals surface area contributed by atoms with Gasteiger partial charge in [0.15, 0.2) is 0 Å². The lowest BCUT2D eigenvalue weighted by Crippen LogP contribution is -2.17. The van der Waals surface area contributed by atoms with Crippen molar-refractivity contribution >= 4 is 39.1 Å². The summed E-state index contributed by atoms with van der Waals surface area (Å²) in [5.41, 5.74) is 1.03. The van der Waals surface area contributed by atoms with Crippen LogP contribution in [0.3, 0.4) is 0 Å². The van der Waals surface area contributed by atoms with Crippen molar-refractivity contribution in [2.75, 3.05) is 5.32 Å². The van der Waals surface area contributed by atoms with Crippen molar-refractivity contribution in [2.24, 2.45) is 0 Å². The lowest BCUT2D eigenvalue weighted by atomic mass is 10.2.